The summed E-state index contributed by atoms with van der Waals surface area (Å²) in [4.78, 5) is 32.9. The molecule has 0 aromatic carbocycles. The Hall–Kier alpha value is -2.18. The summed E-state index contributed by atoms with van der Waals surface area (Å²) < 4.78 is 0. The monoisotopic (exact) mass is 292 g/mol. The molecule has 2 N–H and O–H groups in total. The summed E-state index contributed by atoms with van der Waals surface area (Å²) in [6, 6.07) is 1.71. The van der Waals surface area contributed by atoms with Crippen molar-refractivity contribution in [3.63, 3.8) is 0 Å². The molecule has 7 nitrogen and oxygen atoms in total. The van der Waals surface area contributed by atoms with Crippen molar-refractivity contribution in [3.05, 3.63) is 18.5 Å². The SMILES string of the molecule is CN(CC(=O)NC1(CC(=O)O)CCCC1)c1ncccn1. The van der Waals surface area contributed by atoms with Gasteiger partial charge in [-0.25, -0.2) is 9.97 Å². The van der Waals surface area contributed by atoms with Crippen molar-refractivity contribution < 1.29 is 14.7 Å². The second-order valence-corrected chi connectivity index (χ2v) is 5.51. The molecule has 0 radical (unpaired) electrons. The van der Waals surface area contributed by atoms with Crippen molar-refractivity contribution in [1.29, 1.82) is 0 Å². The number of aromatic nitrogens is 2. The van der Waals surface area contributed by atoms with Crippen LogP contribution in [-0.2, 0) is 9.59 Å². The number of hydrogen-bond donors (Lipinski definition) is 2. The number of anilines is 1. The molecule has 7 heteroatoms. The Morgan fingerprint density at radius 3 is 2.52 bits per heavy atom. The molecule has 0 bridgehead atoms. The fraction of sp³-hybridized carbons (Fsp3) is 0.571. The first-order valence-electron chi connectivity index (χ1n) is 7.02. The number of rotatable bonds is 6. The number of aliphatic carboxylic acids is 1. The Morgan fingerprint density at radius 1 is 1.33 bits per heavy atom. The van der Waals surface area contributed by atoms with E-state index in [1.807, 2.05) is 0 Å². The van der Waals surface area contributed by atoms with Crippen LogP contribution in [0.1, 0.15) is 32.1 Å². The Balaban J connectivity index is 1.95. The summed E-state index contributed by atoms with van der Waals surface area (Å²) >= 11 is 0. The summed E-state index contributed by atoms with van der Waals surface area (Å²) in [6.45, 7) is 0.103. The number of nitrogens with zero attached hydrogens (tertiary/aromatic N) is 3. The molecule has 1 saturated carbocycles. The number of nitrogens with one attached hydrogen (secondary N) is 1. The minimum absolute atomic E-state index is 0.0235. The second-order valence-electron chi connectivity index (χ2n) is 5.51. The van der Waals surface area contributed by atoms with E-state index >= 15 is 0 Å². The van der Waals surface area contributed by atoms with Crippen molar-refractivity contribution in [1.82, 2.24) is 15.3 Å². The summed E-state index contributed by atoms with van der Waals surface area (Å²) in [5, 5.41) is 11.9. The van der Waals surface area contributed by atoms with Crippen molar-refractivity contribution in [3.8, 4) is 0 Å². The van der Waals surface area contributed by atoms with Gasteiger partial charge in [-0.1, -0.05) is 12.8 Å². The zero-order valence-electron chi connectivity index (χ0n) is 12.1. The van der Waals surface area contributed by atoms with E-state index in [0.29, 0.717) is 5.95 Å². The van der Waals surface area contributed by atoms with Gasteiger partial charge in [0.15, 0.2) is 0 Å². The highest BCUT2D eigenvalue weighted by molar-refractivity contribution is 5.82. The van der Waals surface area contributed by atoms with Crippen LogP contribution in [0.15, 0.2) is 18.5 Å². The summed E-state index contributed by atoms with van der Waals surface area (Å²) in [7, 11) is 1.73. The van der Waals surface area contributed by atoms with Crippen LogP contribution >= 0.6 is 0 Å². The molecule has 0 saturated heterocycles. The molecule has 1 aliphatic rings. The van der Waals surface area contributed by atoms with E-state index in [2.05, 4.69) is 15.3 Å². The average molecular weight is 292 g/mol. The number of carboxylic acids is 1. The van der Waals surface area contributed by atoms with Gasteiger partial charge in [-0.05, 0) is 18.9 Å². The van der Waals surface area contributed by atoms with Gasteiger partial charge in [0, 0.05) is 19.4 Å². The lowest BCUT2D eigenvalue weighted by Crippen LogP contribution is -2.50. The maximum absolute atomic E-state index is 12.2. The van der Waals surface area contributed by atoms with Crippen LogP contribution in [0.25, 0.3) is 0 Å². The Kier molecular flexibility index (Phi) is 4.72. The van der Waals surface area contributed by atoms with Crippen LogP contribution in [0.2, 0.25) is 0 Å². The zero-order valence-corrected chi connectivity index (χ0v) is 12.1. The van der Waals surface area contributed by atoms with Gasteiger partial charge < -0.3 is 15.3 Å². The topological polar surface area (TPSA) is 95.4 Å². The van der Waals surface area contributed by atoms with Crippen LogP contribution in [-0.4, -0.2) is 46.1 Å². The zero-order chi connectivity index (χ0) is 15.3. The number of carboxylic acid groups (broad SMARTS) is 1. The smallest absolute Gasteiger partial charge is 0.305 e. The fourth-order valence-corrected chi connectivity index (χ4v) is 2.80. The predicted molar refractivity (Wildman–Crippen MR) is 76.9 cm³/mol. The molecular weight excluding hydrogens is 272 g/mol. The lowest BCUT2D eigenvalue weighted by molar-refractivity contribution is -0.139. The van der Waals surface area contributed by atoms with Crippen molar-refractivity contribution >= 4 is 17.8 Å². The molecule has 0 atom stereocenters. The first-order valence-corrected chi connectivity index (χ1v) is 7.02. The third-order valence-corrected chi connectivity index (χ3v) is 3.73. The minimum atomic E-state index is -0.878. The van der Waals surface area contributed by atoms with Gasteiger partial charge in [0.1, 0.15) is 0 Å². The lowest BCUT2D eigenvalue weighted by atomic mass is 9.93. The van der Waals surface area contributed by atoms with E-state index in [9.17, 15) is 9.59 Å². The highest BCUT2D eigenvalue weighted by Gasteiger charge is 2.37. The number of carbonyl (C=O) groups excluding carboxylic acids is 1. The summed E-state index contributed by atoms with van der Waals surface area (Å²) in [6.07, 6.45) is 6.53. The van der Waals surface area contributed by atoms with Gasteiger partial charge >= 0.3 is 5.97 Å². The Bertz CT molecular complexity index is 500. The largest absolute Gasteiger partial charge is 0.481 e. The molecule has 1 aliphatic carbocycles. The van der Waals surface area contributed by atoms with E-state index < -0.39 is 11.5 Å². The molecule has 0 spiro atoms. The second kappa shape index (κ2) is 6.51. The van der Waals surface area contributed by atoms with Crippen LogP contribution in [0, 0.1) is 0 Å². The average Bonchev–Trinajstić information content (AvgIpc) is 2.86. The van der Waals surface area contributed by atoms with Crippen LogP contribution < -0.4 is 10.2 Å². The lowest BCUT2D eigenvalue weighted by Gasteiger charge is -2.29. The van der Waals surface area contributed by atoms with Crippen LogP contribution in [0.4, 0.5) is 5.95 Å². The van der Waals surface area contributed by atoms with E-state index in [1.54, 1.807) is 30.4 Å². The van der Waals surface area contributed by atoms with E-state index in [0.717, 1.165) is 25.7 Å². The van der Waals surface area contributed by atoms with E-state index in [-0.39, 0.29) is 18.9 Å². The van der Waals surface area contributed by atoms with Crippen molar-refractivity contribution in [2.45, 2.75) is 37.6 Å². The molecule has 1 fully saturated rings. The van der Waals surface area contributed by atoms with E-state index in [4.69, 9.17) is 5.11 Å². The first-order chi connectivity index (χ1) is 10.0. The third-order valence-electron chi connectivity index (χ3n) is 3.73. The predicted octanol–water partition coefficient (Wildman–Crippen LogP) is 0.816. The van der Waals surface area contributed by atoms with Crippen molar-refractivity contribution in [2.24, 2.45) is 0 Å². The highest BCUT2D eigenvalue weighted by Crippen LogP contribution is 2.32. The molecule has 1 amide bonds. The van der Waals surface area contributed by atoms with Gasteiger partial charge in [-0.15, -0.1) is 0 Å². The van der Waals surface area contributed by atoms with Crippen LogP contribution in [0.3, 0.4) is 0 Å². The summed E-state index contributed by atoms with van der Waals surface area (Å²) in [5.74, 6) is -0.614. The maximum Gasteiger partial charge on any atom is 0.305 e. The standard InChI is InChI=1S/C14H20N4O3/c1-18(13-15-7-4-8-16-13)10-11(19)17-14(9-12(20)21)5-2-3-6-14/h4,7-8H,2-3,5-6,9-10H2,1H3,(H,17,19)(H,20,21). The number of hydrogen-bond acceptors (Lipinski definition) is 5. The van der Waals surface area contributed by atoms with E-state index in [1.165, 1.54) is 0 Å². The van der Waals surface area contributed by atoms with Crippen molar-refractivity contribution in [2.75, 3.05) is 18.5 Å². The van der Waals surface area contributed by atoms with Gasteiger partial charge in [-0.2, -0.15) is 0 Å². The molecule has 114 valence electrons. The number of carbonyl (C=O) groups is 2. The molecule has 1 aromatic heterocycles. The van der Waals surface area contributed by atoms with Gasteiger partial charge in [0.2, 0.25) is 11.9 Å². The normalized spacial score (nSPS) is 16.4. The van der Waals surface area contributed by atoms with Crippen LogP contribution in [0.5, 0.6) is 0 Å². The van der Waals surface area contributed by atoms with Gasteiger partial charge in [-0.3, -0.25) is 9.59 Å². The molecule has 1 heterocycles. The van der Waals surface area contributed by atoms with Gasteiger partial charge in [0.25, 0.3) is 0 Å². The quantitative estimate of drug-likeness (QED) is 0.806. The molecule has 1 aromatic rings. The fourth-order valence-electron chi connectivity index (χ4n) is 2.80. The minimum Gasteiger partial charge on any atom is -0.481 e. The third kappa shape index (κ3) is 4.14. The summed E-state index contributed by atoms with van der Waals surface area (Å²) in [5.41, 5.74) is -0.596. The first kappa shape index (κ1) is 15.2. The molecular formula is C14H20N4O3. The molecule has 21 heavy (non-hydrogen) atoms. The van der Waals surface area contributed by atoms with Gasteiger partial charge in [0.05, 0.1) is 18.5 Å². The number of amides is 1. The molecule has 0 aliphatic heterocycles. The molecule has 2 rings (SSSR count). The molecule has 0 unspecified atom stereocenters. The highest BCUT2D eigenvalue weighted by atomic mass is 16.4. The Labute approximate surface area is 123 Å². The Morgan fingerprint density at radius 2 is 1.95 bits per heavy atom. The number of likely N-dealkylation sites (N-methyl/N-ethyl adjacent to an activating group) is 1. The maximum atomic E-state index is 12.2.